The topological polar surface area (TPSA) is 59.4 Å². The van der Waals surface area contributed by atoms with Crippen LogP contribution in [0.1, 0.15) is 33.0 Å². The number of para-hydroxylation sites is 1. The molecule has 0 saturated carbocycles. The largest absolute Gasteiger partial charge is 0.494 e. The zero-order valence-corrected chi connectivity index (χ0v) is 18.2. The Hall–Kier alpha value is -4.12. The summed E-state index contributed by atoms with van der Waals surface area (Å²) >= 11 is 0. The quantitative estimate of drug-likeness (QED) is 0.463. The van der Waals surface area contributed by atoms with Crippen molar-refractivity contribution in [2.45, 2.75) is 13.8 Å². The molecule has 158 valence electrons. The maximum Gasteiger partial charge on any atom is 0.262 e. The van der Waals surface area contributed by atoms with Crippen LogP contribution in [0.2, 0.25) is 0 Å². The number of carbonyl (C=O) groups excluding carboxylic acids is 1. The van der Waals surface area contributed by atoms with Gasteiger partial charge in [0.15, 0.2) is 0 Å². The highest BCUT2D eigenvalue weighted by Gasteiger charge is 2.24. The molecule has 0 saturated heterocycles. The van der Waals surface area contributed by atoms with Crippen molar-refractivity contribution in [1.29, 1.82) is 0 Å². The third-order valence-electron chi connectivity index (χ3n) is 5.65. The Balaban J connectivity index is 1.67. The molecule has 0 bridgehead atoms. The molecule has 0 aliphatic carbocycles. The fourth-order valence-electron chi connectivity index (χ4n) is 4.12. The number of aromatic nitrogens is 2. The van der Waals surface area contributed by atoms with Crippen LogP contribution in [0.15, 0.2) is 89.3 Å². The number of rotatable bonds is 4. The number of H-pyrrole nitrogens is 1. The molecule has 2 aromatic heterocycles. The molecule has 3 heterocycles. The van der Waals surface area contributed by atoms with E-state index in [9.17, 15) is 4.79 Å². The minimum Gasteiger partial charge on any atom is -0.494 e. The molecule has 2 aromatic carbocycles. The molecule has 0 atom stereocenters. The van der Waals surface area contributed by atoms with Crippen LogP contribution in [-0.4, -0.2) is 28.3 Å². The molecule has 0 unspecified atom stereocenters. The third-order valence-corrected chi connectivity index (χ3v) is 5.65. The number of ether oxygens (including phenoxy) is 1. The summed E-state index contributed by atoms with van der Waals surface area (Å²) in [5.41, 5.74) is 6.84. The summed E-state index contributed by atoms with van der Waals surface area (Å²) in [6, 6.07) is 21.3. The smallest absolute Gasteiger partial charge is 0.262 e. The van der Waals surface area contributed by atoms with Crippen LogP contribution in [0.25, 0.3) is 17.0 Å². The van der Waals surface area contributed by atoms with E-state index in [0.29, 0.717) is 17.0 Å². The number of methoxy groups -OCH3 is 1. The van der Waals surface area contributed by atoms with Crippen LogP contribution in [0, 0.1) is 13.8 Å². The highest BCUT2D eigenvalue weighted by atomic mass is 16.5. The van der Waals surface area contributed by atoms with Crippen LogP contribution in [-0.2, 0) is 4.74 Å². The van der Waals surface area contributed by atoms with Gasteiger partial charge in [-0.3, -0.25) is 9.36 Å². The van der Waals surface area contributed by atoms with E-state index in [0.717, 1.165) is 39.2 Å². The number of aryl methyl sites for hydroxylation is 2. The number of benzene rings is 2. The molecule has 5 nitrogen and oxygen atoms in total. The van der Waals surface area contributed by atoms with E-state index in [1.54, 1.807) is 11.7 Å². The second-order valence-corrected chi connectivity index (χ2v) is 7.88. The van der Waals surface area contributed by atoms with Crippen molar-refractivity contribution in [2.75, 3.05) is 7.11 Å². The first-order chi connectivity index (χ1) is 15.5. The van der Waals surface area contributed by atoms with Gasteiger partial charge in [0.05, 0.1) is 24.0 Å². The molecule has 0 fully saturated rings. The van der Waals surface area contributed by atoms with E-state index in [2.05, 4.69) is 18.0 Å². The Kier molecular flexibility index (Phi) is 4.86. The van der Waals surface area contributed by atoms with Crippen molar-refractivity contribution in [3.8, 4) is 0 Å². The third kappa shape index (κ3) is 3.38. The fraction of sp³-hybridized carbons (Fsp3) is 0.111. The summed E-state index contributed by atoms with van der Waals surface area (Å²) in [5, 5.41) is 0.982. The number of aromatic amines is 1. The summed E-state index contributed by atoms with van der Waals surface area (Å²) in [6.45, 7) is 4.08. The van der Waals surface area contributed by atoms with Crippen LogP contribution >= 0.6 is 0 Å². The molecular weight excluding hydrogens is 398 g/mol. The SMILES string of the molecule is COC1=CC(c2cc3ccccc3n2C(=O)c2ccccc2)=N/C1=C/c1[nH]c(C)cc1C. The normalized spacial score (nSPS) is 14.7. The van der Waals surface area contributed by atoms with Crippen LogP contribution in [0.4, 0.5) is 0 Å². The monoisotopic (exact) mass is 421 g/mol. The van der Waals surface area contributed by atoms with Crippen molar-refractivity contribution < 1.29 is 9.53 Å². The molecule has 0 spiro atoms. The molecular formula is C27H23N3O2. The number of aliphatic imine (C=N–C) groups is 1. The second-order valence-electron chi connectivity index (χ2n) is 7.88. The van der Waals surface area contributed by atoms with Gasteiger partial charge in [-0.2, -0.15) is 0 Å². The second kappa shape index (κ2) is 7.85. The highest BCUT2D eigenvalue weighted by molar-refractivity contribution is 6.17. The fourth-order valence-corrected chi connectivity index (χ4v) is 4.12. The van der Waals surface area contributed by atoms with Crippen LogP contribution in [0.3, 0.4) is 0 Å². The van der Waals surface area contributed by atoms with E-state index >= 15 is 0 Å². The van der Waals surface area contributed by atoms with E-state index < -0.39 is 0 Å². The van der Waals surface area contributed by atoms with E-state index in [4.69, 9.17) is 9.73 Å². The van der Waals surface area contributed by atoms with Gasteiger partial charge in [-0.15, -0.1) is 0 Å². The zero-order chi connectivity index (χ0) is 22.2. The highest BCUT2D eigenvalue weighted by Crippen LogP contribution is 2.29. The number of allylic oxidation sites excluding steroid dienone is 1. The number of fused-ring (bicyclic) bond motifs is 1. The first-order valence-corrected chi connectivity index (χ1v) is 10.5. The van der Waals surface area contributed by atoms with Crippen molar-refractivity contribution in [1.82, 2.24) is 9.55 Å². The first-order valence-electron chi connectivity index (χ1n) is 10.5. The average molecular weight is 422 g/mol. The first kappa shape index (κ1) is 19.8. The molecule has 32 heavy (non-hydrogen) atoms. The zero-order valence-electron chi connectivity index (χ0n) is 18.2. The van der Waals surface area contributed by atoms with Crippen molar-refractivity contribution >= 4 is 28.6 Å². The summed E-state index contributed by atoms with van der Waals surface area (Å²) in [7, 11) is 1.63. The van der Waals surface area contributed by atoms with Gasteiger partial charge in [0.2, 0.25) is 0 Å². The van der Waals surface area contributed by atoms with E-state index in [1.807, 2.05) is 79.7 Å². The maximum absolute atomic E-state index is 13.5. The number of nitrogens with one attached hydrogen (secondary N) is 1. The van der Waals surface area contributed by atoms with Gasteiger partial charge < -0.3 is 9.72 Å². The Bertz CT molecular complexity index is 1430. The Labute approximate surface area is 186 Å². The number of hydrogen-bond acceptors (Lipinski definition) is 3. The summed E-state index contributed by atoms with van der Waals surface area (Å²) < 4.78 is 7.36. The van der Waals surface area contributed by atoms with Crippen molar-refractivity contribution in [3.05, 3.63) is 112 Å². The van der Waals surface area contributed by atoms with Gasteiger partial charge in [-0.25, -0.2) is 4.99 Å². The lowest BCUT2D eigenvalue weighted by molar-refractivity contribution is 0.0964. The lowest BCUT2D eigenvalue weighted by Gasteiger charge is -2.09. The predicted octanol–water partition coefficient (Wildman–Crippen LogP) is 5.65. The summed E-state index contributed by atoms with van der Waals surface area (Å²) in [4.78, 5) is 21.7. The van der Waals surface area contributed by atoms with Gasteiger partial charge >= 0.3 is 0 Å². The standard InChI is InChI=1S/C27H23N3O2/c1-17-13-18(2)28-21(17)15-23-26(32-3)16-22(29-23)25-14-20-11-7-8-12-24(20)30(25)27(31)19-9-5-4-6-10-19/h4-16,28H,1-3H3/b23-15+. The number of carbonyl (C=O) groups is 1. The molecule has 1 aliphatic rings. The molecule has 4 aromatic rings. The lowest BCUT2D eigenvalue weighted by Crippen LogP contribution is -2.17. The Morgan fingerprint density at radius 3 is 2.50 bits per heavy atom. The number of nitrogens with zero attached hydrogens (tertiary/aromatic N) is 2. The molecule has 1 aliphatic heterocycles. The lowest BCUT2D eigenvalue weighted by atomic mass is 10.2. The Morgan fingerprint density at radius 1 is 1.03 bits per heavy atom. The van der Waals surface area contributed by atoms with Gasteiger partial charge in [-0.1, -0.05) is 36.4 Å². The van der Waals surface area contributed by atoms with E-state index in [-0.39, 0.29) is 5.91 Å². The summed E-state index contributed by atoms with van der Waals surface area (Å²) in [5.74, 6) is 0.570. The minimum atomic E-state index is -0.0925. The maximum atomic E-state index is 13.5. The van der Waals surface area contributed by atoms with Gasteiger partial charge in [-0.05, 0) is 55.8 Å². The molecule has 1 N–H and O–H groups in total. The molecule has 5 rings (SSSR count). The van der Waals surface area contributed by atoms with E-state index in [1.165, 1.54) is 0 Å². The minimum absolute atomic E-state index is 0.0925. The van der Waals surface area contributed by atoms with Gasteiger partial charge in [0.1, 0.15) is 11.5 Å². The number of hydrogen-bond donors (Lipinski definition) is 1. The summed E-state index contributed by atoms with van der Waals surface area (Å²) in [6.07, 6.45) is 3.87. The van der Waals surface area contributed by atoms with Crippen LogP contribution in [0.5, 0.6) is 0 Å². The van der Waals surface area contributed by atoms with Crippen molar-refractivity contribution in [2.24, 2.45) is 4.99 Å². The Morgan fingerprint density at radius 2 is 1.78 bits per heavy atom. The average Bonchev–Trinajstić information content (AvgIpc) is 3.48. The molecule has 0 radical (unpaired) electrons. The van der Waals surface area contributed by atoms with Gasteiger partial charge in [0, 0.05) is 28.4 Å². The van der Waals surface area contributed by atoms with Crippen LogP contribution < -0.4 is 0 Å². The van der Waals surface area contributed by atoms with Crippen molar-refractivity contribution in [3.63, 3.8) is 0 Å². The van der Waals surface area contributed by atoms with Gasteiger partial charge in [0.25, 0.3) is 5.91 Å². The molecule has 5 heteroatoms. The predicted molar refractivity (Wildman–Crippen MR) is 128 cm³/mol. The molecule has 0 amide bonds.